The Hall–Kier alpha value is -1.40. The van der Waals surface area contributed by atoms with Gasteiger partial charge in [-0.25, -0.2) is 0 Å². The van der Waals surface area contributed by atoms with Gasteiger partial charge in [-0.3, -0.25) is 0 Å². The van der Waals surface area contributed by atoms with Gasteiger partial charge in [-0.2, -0.15) is 13.2 Å². The second-order valence-corrected chi connectivity index (χ2v) is 3.07. The molecule has 1 aromatic rings. The average Bonchev–Trinajstić information content (AvgIpc) is 2.12. The zero-order valence-electron chi connectivity index (χ0n) is 7.81. The third-order valence-electron chi connectivity index (χ3n) is 1.76. The number of halogens is 6. The quantitative estimate of drug-likeness (QED) is 0.538. The number of alkyl halides is 3. The third-order valence-corrected chi connectivity index (χ3v) is 1.76. The van der Waals surface area contributed by atoms with Crippen LogP contribution in [0, 0.1) is 0 Å². The molecule has 0 atom stereocenters. The van der Waals surface area contributed by atoms with Crippen molar-refractivity contribution in [3.05, 3.63) is 41.4 Å². The summed E-state index contributed by atoms with van der Waals surface area (Å²) in [7, 11) is 0. The van der Waals surface area contributed by atoms with Crippen LogP contribution in [0.1, 0.15) is 11.1 Å². The van der Waals surface area contributed by atoms with Crippen LogP contribution < -0.4 is 0 Å². The highest BCUT2D eigenvalue weighted by molar-refractivity contribution is 6.64. The van der Waals surface area contributed by atoms with Crippen molar-refractivity contribution in [3.8, 4) is 0 Å². The second-order valence-electron chi connectivity index (χ2n) is 3.07. The van der Waals surface area contributed by atoms with Crippen LogP contribution in [0.15, 0.2) is 30.2 Å². The summed E-state index contributed by atoms with van der Waals surface area (Å²) in [5, 5.41) is 0. The Labute approximate surface area is 87.6 Å². The smallest absolute Gasteiger partial charge is 0.445 e. The van der Waals surface area contributed by atoms with Gasteiger partial charge in [-0.15, -0.1) is 5.98 Å². The molecule has 0 fully saturated rings. The Kier molecular flexibility index (Phi) is 3.35. The molecule has 0 spiro atoms. The Balaban J connectivity index is 3.11. The first kappa shape index (κ1) is 12.7. The summed E-state index contributed by atoms with van der Waals surface area (Å²) in [6, 6.07) is 4.10. The van der Waals surface area contributed by atoms with Gasteiger partial charge in [0, 0.05) is 0 Å². The van der Waals surface area contributed by atoms with Gasteiger partial charge >= 0.3 is 13.2 Å². The molecule has 16 heavy (non-hydrogen) atoms. The summed E-state index contributed by atoms with van der Waals surface area (Å²) in [6.45, 7) is -5.23. The van der Waals surface area contributed by atoms with Gasteiger partial charge in [0.25, 0.3) is 0 Å². The Morgan fingerprint density at radius 1 is 1.00 bits per heavy atom. The average molecular weight is 239 g/mol. The minimum atomic E-state index is -5.23. The molecule has 0 bridgehead atoms. The number of hydrogen-bond donors (Lipinski definition) is 0. The Bertz CT molecular complexity index is 390. The molecule has 1 aromatic carbocycles. The van der Waals surface area contributed by atoms with E-state index in [9.17, 15) is 26.1 Å². The number of hydrogen-bond acceptors (Lipinski definition) is 0. The lowest BCUT2D eigenvalue weighted by molar-refractivity contribution is -0.137. The van der Waals surface area contributed by atoms with Crippen LogP contribution in [0.3, 0.4) is 0 Å². The predicted molar refractivity (Wildman–Crippen MR) is 49.6 cm³/mol. The number of benzene rings is 1. The fraction of sp³-hybridized carbons (Fsp3) is 0.111. The fourth-order valence-electron chi connectivity index (χ4n) is 1.11. The van der Waals surface area contributed by atoms with Crippen LogP contribution in [0.25, 0.3) is 6.08 Å². The molecular formula is C9H6BF6-. The van der Waals surface area contributed by atoms with Crippen molar-refractivity contribution in [1.29, 1.82) is 0 Å². The summed E-state index contributed by atoms with van der Waals surface area (Å²) in [5.41, 5.74) is -1.57. The first-order valence-corrected chi connectivity index (χ1v) is 4.25. The summed E-state index contributed by atoms with van der Waals surface area (Å²) in [4.78, 5) is 0. The summed E-state index contributed by atoms with van der Waals surface area (Å²) in [5.74, 6) is -0.162. The highest BCUT2D eigenvalue weighted by Gasteiger charge is 2.32. The van der Waals surface area contributed by atoms with Gasteiger partial charge in [-0.1, -0.05) is 24.3 Å². The zero-order chi connectivity index (χ0) is 12.4. The lowest BCUT2D eigenvalue weighted by atomic mass is 9.90. The highest BCUT2D eigenvalue weighted by Crippen LogP contribution is 2.32. The molecule has 0 N–H and O–H groups in total. The molecule has 1 rings (SSSR count). The first-order valence-electron chi connectivity index (χ1n) is 4.25. The van der Waals surface area contributed by atoms with E-state index in [1.54, 1.807) is 0 Å². The lowest BCUT2D eigenvalue weighted by Gasteiger charge is -2.11. The van der Waals surface area contributed by atoms with Crippen LogP contribution >= 0.6 is 0 Å². The summed E-state index contributed by atoms with van der Waals surface area (Å²) in [6.07, 6.45) is -4.22. The van der Waals surface area contributed by atoms with E-state index in [-0.39, 0.29) is 5.98 Å². The lowest BCUT2D eigenvalue weighted by Crippen LogP contribution is -2.11. The topological polar surface area (TPSA) is 0 Å². The summed E-state index contributed by atoms with van der Waals surface area (Å²) >= 11 is 0. The zero-order valence-corrected chi connectivity index (χ0v) is 7.81. The maximum atomic E-state index is 12.4. The molecule has 0 aliphatic heterocycles. The normalized spacial score (nSPS) is 13.4. The molecule has 0 aromatic heterocycles. The van der Waals surface area contributed by atoms with E-state index in [2.05, 4.69) is 0 Å². The molecule has 7 heteroatoms. The van der Waals surface area contributed by atoms with Crippen LogP contribution in [0.4, 0.5) is 26.1 Å². The first-order chi connectivity index (χ1) is 7.20. The molecule has 0 amide bonds. The molecule has 0 aliphatic rings. The maximum absolute atomic E-state index is 12.4. The van der Waals surface area contributed by atoms with E-state index >= 15 is 0 Å². The molecular weight excluding hydrogens is 233 g/mol. The Morgan fingerprint density at radius 2 is 1.56 bits per heavy atom. The van der Waals surface area contributed by atoms with Gasteiger partial charge in [0.2, 0.25) is 0 Å². The van der Waals surface area contributed by atoms with Crippen molar-refractivity contribution >= 4 is 13.1 Å². The third kappa shape index (κ3) is 3.64. The SMILES string of the molecule is F[B-](F)(F)/C=C\c1ccccc1C(F)(F)F. The van der Waals surface area contributed by atoms with E-state index in [0.717, 1.165) is 18.2 Å². The van der Waals surface area contributed by atoms with E-state index in [4.69, 9.17) is 0 Å². The van der Waals surface area contributed by atoms with Crippen molar-refractivity contribution in [3.63, 3.8) is 0 Å². The van der Waals surface area contributed by atoms with E-state index < -0.39 is 24.3 Å². The van der Waals surface area contributed by atoms with Crippen molar-refractivity contribution in [2.45, 2.75) is 6.18 Å². The minimum absolute atomic E-state index is 0.162. The summed E-state index contributed by atoms with van der Waals surface area (Å²) < 4.78 is 72.7. The van der Waals surface area contributed by atoms with Gasteiger partial charge in [0.05, 0.1) is 5.56 Å². The van der Waals surface area contributed by atoms with Crippen molar-refractivity contribution in [1.82, 2.24) is 0 Å². The number of rotatable bonds is 2. The molecule has 0 radical (unpaired) electrons. The standard InChI is InChI=1S/C9H6BF6/c11-9(12,13)8-4-2-1-3-7(8)5-6-10(14,15)16/h1-6H/q-1/b6-5-. The molecule has 0 unspecified atom stereocenters. The van der Waals surface area contributed by atoms with Crippen molar-refractivity contribution < 1.29 is 26.1 Å². The monoisotopic (exact) mass is 239 g/mol. The maximum Gasteiger partial charge on any atom is 0.502 e. The minimum Gasteiger partial charge on any atom is -0.445 e. The molecule has 0 saturated heterocycles. The van der Waals surface area contributed by atoms with Gasteiger partial charge in [0.15, 0.2) is 0 Å². The van der Waals surface area contributed by atoms with Crippen LogP contribution in [0.2, 0.25) is 0 Å². The fourth-order valence-corrected chi connectivity index (χ4v) is 1.11. The van der Waals surface area contributed by atoms with Crippen LogP contribution in [-0.4, -0.2) is 6.98 Å². The van der Waals surface area contributed by atoms with Crippen molar-refractivity contribution in [2.75, 3.05) is 0 Å². The van der Waals surface area contributed by atoms with Crippen LogP contribution in [0.5, 0.6) is 0 Å². The van der Waals surface area contributed by atoms with E-state index in [1.165, 1.54) is 6.07 Å². The van der Waals surface area contributed by atoms with Crippen molar-refractivity contribution in [2.24, 2.45) is 0 Å². The molecule has 0 saturated carbocycles. The van der Waals surface area contributed by atoms with Gasteiger partial charge < -0.3 is 12.9 Å². The van der Waals surface area contributed by atoms with Gasteiger partial charge in [0.1, 0.15) is 0 Å². The molecule has 0 heterocycles. The van der Waals surface area contributed by atoms with E-state index in [1.807, 2.05) is 0 Å². The molecule has 0 aliphatic carbocycles. The highest BCUT2D eigenvalue weighted by atomic mass is 19.4. The predicted octanol–water partition coefficient (Wildman–Crippen LogP) is 4.11. The van der Waals surface area contributed by atoms with Crippen LogP contribution in [-0.2, 0) is 6.18 Å². The Morgan fingerprint density at radius 3 is 2.06 bits per heavy atom. The molecule has 88 valence electrons. The molecule has 0 nitrogen and oxygen atoms in total. The van der Waals surface area contributed by atoms with Gasteiger partial charge in [-0.05, 0) is 11.6 Å². The van der Waals surface area contributed by atoms with E-state index in [0.29, 0.717) is 6.08 Å². The largest absolute Gasteiger partial charge is 0.502 e. The second kappa shape index (κ2) is 4.23.